The highest BCUT2D eigenvalue weighted by Gasteiger charge is 2.60. The van der Waals surface area contributed by atoms with Crippen molar-refractivity contribution in [2.75, 3.05) is 19.6 Å². The summed E-state index contributed by atoms with van der Waals surface area (Å²) in [5, 5.41) is 27.0. The molecule has 1 aromatic heterocycles. The molecule has 0 radical (unpaired) electrons. The van der Waals surface area contributed by atoms with Crippen molar-refractivity contribution in [3.05, 3.63) is 16.9 Å². The van der Waals surface area contributed by atoms with Crippen molar-refractivity contribution in [3.63, 3.8) is 0 Å². The molecule has 5 N–H and O–H groups in total. The molecule has 4 fully saturated rings. The first kappa shape index (κ1) is 27.1. The molecule has 0 aromatic carbocycles. The van der Waals surface area contributed by atoms with Crippen LogP contribution in [0, 0.1) is 23.7 Å². The van der Waals surface area contributed by atoms with E-state index in [1.807, 2.05) is 11.8 Å². The molecule has 3 saturated heterocycles. The van der Waals surface area contributed by atoms with Gasteiger partial charge in [-0.3, -0.25) is 14.4 Å². The molecule has 1 aromatic rings. The van der Waals surface area contributed by atoms with Crippen LogP contribution in [-0.2, 0) is 25.7 Å². The number of hydrogen-bond acceptors (Lipinski definition) is 10. The number of carbonyl (C=O) groups excluding carboxylic acids is 3. The number of aliphatic carboxylic acids is 1. The minimum atomic E-state index is -1.14. The molecule has 0 bridgehead atoms. The number of likely N-dealkylation sites (tertiary alicyclic amines) is 1. The summed E-state index contributed by atoms with van der Waals surface area (Å²) in [5.74, 6) is -1.44. The standard InChI is InChI=1S/C25H35N9O5S/c1-11-20-19(12(2)29-18(35)9-33-10-28-30-31-33)24(37)34(20)21(25(38)39)22(11)40-16-5-17(27-6-16)23(36)32-7-13-3-15(26)4-14(13)8-32/h10-17,19-20,27H,3-9,26H2,1-2H3,(H,29,35)(H,38,39)/t11-,12?,13?,14?,15?,16+,17+,19-,20-/m1/s1. The number of amides is 3. The van der Waals surface area contributed by atoms with Crippen molar-refractivity contribution in [2.45, 2.75) is 69.1 Å². The second-order valence-electron chi connectivity index (χ2n) is 11.8. The summed E-state index contributed by atoms with van der Waals surface area (Å²) in [6.07, 6.45) is 3.89. The van der Waals surface area contributed by atoms with Crippen LogP contribution in [0.2, 0.25) is 0 Å². The summed E-state index contributed by atoms with van der Waals surface area (Å²) in [7, 11) is 0. The van der Waals surface area contributed by atoms with Crippen LogP contribution in [0.1, 0.15) is 33.1 Å². The summed E-state index contributed by atoms with van der Waals surface area (Å²) in [4.78, 5) is 55.2. The third kappa shape index (κ3) is 4.67. The van der Waals surface area contributed by atoms with Crippen molar-refractivity contribution in [1.29, 1.82) is 0 Å². The van der Waals surface area contributed by atoms with Gasteiger partial charge in [-0.1, -0.05) is 6.92 Å². The SMILES string of the molecule is CC(NC(=O)Cn1cnnn1)[C@H]1C(=O)N2C(C(=O)O)=C(S[C@@H]3CN[C@H](C(=O)N4CC5CC(N)CC5C4)C3)[C@H](C)[C@H]12. The van der Waals surface area contributed by atoms with E-state index in [1.54, 1.807) is 6.92 Å². The first-order chi connectivity index (χ1) is 19.1. The molecule has 3 amide bonds. The molecule has 40 heavy (non-hydrogen) atoms. The molecule has 216 valence electrons. The Labute approximate surface area is 235 Å². The van der Waals surface area contributed by atoms with E-state index in [0.29, 0.717) is 29.7 Å². The molecule has 4 aliphatic heterocycles. The number of hydrogen-bond donors (Lipinski definition) is 4. The predicted octanol–water partition coefficient (Wildman–Crippen LogP) is -1.39. The van der Waals surface area contributed by atoms with Gasteiger partial charge in [0.25, 0.3) is 0 Å². The smallest absolute Gasteiger partial charge is 0.353 e. The number of carboxylic acids is 1. The number of nitrogens with zero attached hydrogens (tertiary/aromatic N) is 6. The van der Waals surface area contributed by atoms with E-state index in [9.17, 15) is 24.3 Å². The highest BCUT2D eigenvalue weighted by atomic mass is 32.2. The minimum Gasteiger partial charge on any atom is -0.477 e. The first-order valence-corrected chi connectivity index (χ1v) is 14.7. The Morgan fingerprint density at radius 1 is 1.25 bits per heavy atom. The van der Waals surface area contributed by atoms with E-state index in [4.69, 9.17) is 5.73 Å². The van der Waals surface area contributed by atoms with E-state index >= 15 is 0 Å². The van der Waals surface area contributed by atoms with Gasteiger partial charge in [-0.25, -0.2) is 9.48 Å². The van der Waals surface area contributed by atoms with Crippen molar-refractivity contribution >= 4 is 35.5 Å². The molecule has 0 spiro atoms. The maximum Gasteiger partial charge on any atom is 0.353 e. The number of carboxylic acid groups (broad SMARTS) is 1. The van der Waals surface area contributed by atoms with Crippen LogP contribution >= 0.6 is 11.8 Å². The van der Waals surface area contributed by atoms with E-state index in [0.717, 1.165) is 25.9 Å². The quantitative estimate of drug-likeness (QED) is 0.268. The Morgan fingerprint density at radius 2 is 1.98 bits per heavy atom. The van der Waals surface area contributed by atoms with Gasteiger partial charge in [0, 0.05) is 47.8 Å². The molecule has 14 nitrogen and oxygen atoms in total. The molecule has 6 rings (SSSR count). The number of fused-ring (bicyclic) bond motifs is 2. The van der Waals surface area contributed by atoms with Gasteiger partial charge in [0.15, 0.2) is 0 Å². The molecular formula is C25H35N9O5S. The monoisotopic (exact) mass is 573 g/mol. The summed E-state index contributed by atoms with van der Waals surface area (Å²) < 4.78 is 1.28. The predicted molar refractivity (Wildman–Crippen MR) is 142 cm³/mol. The molecule has 15 heteroatoms. The summed E-state index contributed by atoms with van der Waals surface area (Å²) in [6.45, 7) is 5.73. The molecule has 1 saturated carbocycles. The van der Waals surface area contributed by atoms with E-state index in [-0.39, 0.29) is 59.3 Å². The number of tetrazole rings is 1. The second kappa shape index (κ2) is 10.4. The first-order valence-electron chi connectivity index (χ1n) is 13.9. The fourth-order valence-corrected chi connectivity index (χ4v) is 8.87. The number of thioether (sulfide) groups is 1. The van der Waals surface area contributed by atoms with Gasteiger partial charge in [0.2, 0.25) is 17.7 Å². The fourth-order valence-electron chi connectivity index (χ4n) is 7.39. The molecule has 5 heterocycles. The minimum absolute atomic E-state index is 0.0111. The molecular weight excluding hydrogens is 538 g/mol. The Hall–Kier alpha value is -3.04. The van der Waals surface area contributed by atoms with Crippen LogP contribution in [0.3, 0.4) is 0 Å². The van der Waals surface area contributed by atoms with Gasteiger partial charge < -0.3 is 31.3 Å². The van der Waals surface area contributed by atoms with E-state index in [2.05, 4.69) is 26.2 Å². The average molecular weight is 574 g/mol. The lowest BCUT2D eigenvalue weighted by atomic mass is 9.78. The van der Waals surface area contributed by atoms with Crippen molar-refractivity contribution in [2.24, 2.45) is 29.4 Å². The number of aromatic nitrogens is 4. The summed E-state index contributed by atoms with van der Waals surface area (Å²) in [5.41, 5.74) is 6.12. The van der Waals surface area contributed by atoms with Gasteiger partial charge in [0.1, 0.15) is 18.6 Å². The Bertz CT molecular complexity index is 1230. The van der Waals surface area contributed by atoms with Crippen molar-refractivity contribution in [3.8, 4) is 0 Å². The Morgan fingerprint density at radius 3 is 2.62 bits per heavy atom. The Balaban J connectivity index is 1.08. The number of nitrogens with two attached hydrogens (primary N) is 1. The van der Waals surface area contributed by atoms with E-state index < -0.39 is 17.9 Å². The highest BCUT2D eigenvalue weighted by Crippen LogP contribution is 2.52. The van der Waals surface area contributed by atoms with Gasteiger partial charge in [-0.05, 0) is 48.4 Å². The zero-order valence-electron chi connectivity index (χ0n) is 22.5. The number of carbonyl (C=O) groups is 4. The largest absolute Gasteiger partial charge is 0.477 e. The lowest BCUT2D eigenvalue weighted by Gasteiger charge is -2.47. The van der Waals surface area contributed by atoms with Crippen molar-refractivity contribution in [1.82, 2.24) is 40.6 Å². The average Bonchev–Trinajstić information content (AvgIpc) is 3.70. The van der Waals surface area contributed by atoms with Crippen LogP contribution in [0.15, 0.2) is 16.9 Å². The zero-order chi connectivity index (χ0) is 28.3. The third-order valence-electron chi connectivity index (χ3n) is 9.20. The third-order valence-corrected chi connectivity index (χ3v) is 10.7. The maximum atomic E-state index is 13.3. The highest BCUT2D eigenvalue weighted by molar-refractivity contribution is 8.03. The molecule has 5 aliphatic rings. The van der Waals surface area contributed by atoms with Crippen molar-refractivity contribution < 1.29 is 24.3 Å². The molecule has 1 aliphatic carbocycles. The maximum absolute atomic E-state index is 13.3. The summed E-state index contributed by atoms with van der Waals surface area (Å²) >= 11 is 1.46. The van der Waals surface area contributed by atoms with E-state index in [1.165, 1.54) is 27.7 Å². The lowest BCUT2D eigenvalue weighted by molar-refractivity contribution is -0.158. The Kier molecular flexibility index (Phi) is 7.07. The number of nitrogens with one attached hydrogen (secondary N) is 2. The second-order valence-corrected chi connectivity index (χ2v) is 13.2. The molecule has 3 unspecified atom stereocenters. The van der Waals surface area contributed by atoms with Gasteiger partial charge in [0.05, 0.1) is 18.0 Å². The summed E-state index contributed by atoms with van der Waals surface area (Å²) in [6, 6.07) is -0.898. The number of rotatable bonds is 8. The van der Waals surface area contributed by atoms with Crippen LogP contribution in [0.4, 0.5) is 0 Å². The van der Waals surface area contributed by atoms with Gasteiger partial charge >= 0.3 is 5.97 Å². The number of β-lactam (4-membered cyclic amide) rings is 1. The lowest BCUT2D eigenvalue weighted by Crippen LogP contribution is -2.66. The molecule has 8 atom stereocenters. The van der Waals surface area contributed by atoms with Crippen LogP contribution < -0.4 is 16.4 Å². The fraction of sp³-hybridized carbons (Fsp3) is 0.720. The van der Waals surface area contributed by atoms with Crippen LogP contribution in [-0.4, -0.2) is 108 Å². The van der Waals surface area contributed by atoms with Crippen LogP contribution in [0.25, 0.3) is 0 Å². The van der Waals surface area contributed by atoms with Gasteiger partial charge in [-0.15, -0.1) is 16.9 Å². The van der Waals surface area contributed by atoms with Gasteiger partial charge in [-0.2, -0.15) is 0 Å². The zero-order valence-corrected chi connectivity index (χ0v) is 23.3. The topological polar surface area (TPSA) is 189 Å². The van der Waals surface area contributed by atoms with Crippen LogP contribution in [0.5, 0.6) is 0 Å². The normalized spacial score (nSPS) is 35.5.